The quantitative estimate of drug-likeness (QED) is 0.855. The number of carbonyl (C=O) groups is 1. The standard InChI is InChI=1S/C18H27N3O2S/c1-20(12-14-3-7-17(8-4-14)24(2)23)18(22)19-11-15-9-10-21(13-15)16-5-6-16/h3-4,7-8,15-16H,5-6,9-13H2,1-2H3,(H,19,22)/t15-,24+/m0/s1. The van der Waals surface area contributed by atoms with Crippen molar-refractivity contribution < 1.29 is 9.00 Å². The van der Waals surface area contributed by atoms with Crippen molar-refractivity contribution in [3.05, 3.63) is 29.8 Å². The molecule has 132 valence electrons. The van der Waals surface area contributed by atoms with Gasteiger partial charge in [0.05, 0.1) is 0 Å². The molecule has 2 amide bonds. The van der Waals surface area contributed by atoms with E-state index >= 15 is 0 Å². The third kappa shape index (κ3) is 4.57. The van der Waals surface area contributed by atoms with Gasteiger partial charge in [0.2, 0.25) is 0 Å². The lowest BCUT2D eigenvalue weighted by atomic mass is 10.1. The highest BCUT2D eigenvalue weighted by Crippen LogP contribution is 2.31. The van der Waals surface area contributed by atoms with E-state index in [1.165, 1.54) is 25.8 Å². The number of rotatable bonds is 6. The highest BCUT2D eigenvalue weighted by molar-refractivity contribution is 7.84. The van der Waals surface area contributed by atoms with Crippen LogP contribution in [0.3, 0.4) is 0 Å². The van der Waals surface area contributed by atoms with Gasteiger partial charge in [-0.2, -0.15) is 0 Å². The fraction of sp³-hybridized carbons (Fsp3) is 0.611. The number of nitrogens with one attached hydrogen (secondary N) is 1. The molecule has 1 aliphatic carbocycles. The number of likely N-dealkylation sites (tertiary alicyclic amines) is 1. The van der Waals surface area contributed by atoms with Crippen LogP contribution < -0.4 is 5.32 Å². The van der Waals surface area contributed by atoms with E-state index in [0.29, 0.717) is 12.5 Å². The minimum Gasteiger partial charge on any atom is -0.338 e. The number of hydrogen-bond donors (Lipinski definition) is 1. The summed E-state index contributed by atoms with van der Waals surface area (Å²) in [5.74, 6) is 0.585. The summed E-state index contributed by atoms with van der Waals surface area (Å²) < 4.78 is 11.4. The summed E-state index contributed by atoms with van der Waals surface area (Å²) in [5, 5.41) is 3.07. The van der Waals surface area contributed by atoms with Crippen molar-refractivity contribution in [2.24, 2.45) is 5.92 Å². The van der Waals surface area contributed by atoms with Gasteiger partial charge in [-0.05, 0) is 49.4 Å². The molecule has 2 aliphatic rings. The molecule has 0 aromatic heterocycles. The average Bonchev–Trinajstić information content (AvgIpc) is 3.31. The van der Waals surface area contributed by atoms with Gasteiger partial charge in [-0.1, -0.05) is 12.1 Å². The zero-order valence-corrected chi connectivity index (χ0v) is 15.3. The smallest absolute Gasteiger partial charge is 0.317 e. The lowest BCUT2D eigenvalue weighted by Crippen LogP contribution is -2.39. The van der Waals surface area contributed by atoms with Crippen LogP contribution in [0.5, 0.6) is 0 Å². The molecule has 1 heterocycles. The molecule has 5 nitrogen and oxygen atoms in total. The van der Waals surface area contributed by atoms with Crippen LogP contribution in [0.1, 0.15) is 24.8 Å². The summed E-state index contributed by atoms with van der Waals surface area (Å²) in [6.45, 7) is 3.64. The van der Waals surface area contributed by atoms with Gasteiger partial charge in [0, 0.05) is 54.7 Å². The van der Waals surface area contributed by atoms with Crippen LogP contribution in [0, 0.1) is 5.92 Å². The molecule has 3 rings (SSSR count). The first-order chi connectivity index (χ1) is 11.5. The zero-order chi connectivity index (χ0) is 17.1. The Morgan fingerprint density at radius 2 is 2.00 bits per heavy atom. The van der Waals surface area contributed by atoms with Crippen LogP contribution >= 0.6 is 0 Å². The SMILES string of the molecule is CN(Cc1ccc([S@@](C)=O)cc1)C(=O)NC[C@@H]1CCN(C2CC2)C1. The van der Waals surface area contributed by atoms with Crippen LogP contribution in [0.25, 0.3) is 0 Å². The van der Waals surface area contributed by atoms with E-state index in [0.717, 1.165) is 29.6 Å². The molecule has 24 heavy (non-hydrogen) atoms. The molecule has 1 aromatic carbocycles. The second-order valence-electron chi connectivity index (χ2n) is 7.02. The number of nitrogens with zero attached hydrogens (tertiary/aromatic N) is 2. The molecule has 0 unspecified atom stereocenters. The molecule has 0 radical (unpaired) electrons. The predicted molar refractivity (Wildman–Crippen MR) is 96.3 cm³/mol. The number of urea groups is 1. The second kappa shape index (κ2) is 7.66. The summed E-state index contributed by atoms with van der Waals surface area (Å²) in [4.78, 5) is 17.3. The van der Waals surface area contributed by atoms with Crippen LogP contribution in [0.15, 0.2) is 29.2 Å². The molecule has 1 aromatic rings. The van der Waals surface area contributed by atoms with Gasteiger partial charge in [-0.15, -0.1) is 0 Å². The Morgan fingerprint density at radius 3 is 2.62 bits per heavy atom. The van der Waals surface area contributed by atoms with Gasteiger partial charge in [0.15, 0.2) is 0 Å². The predicted octanol–water partition coefficient (Wildman–Crippen LogP) is 2.05. The van der Waals surface area contributed by atoms with E-state index in [2.05, 4.69) is 10.2 Å². The third-order valence-electron chi connectivity index (χ3n) is 4.94. The highest BCUT2D eigenvalue weighted by atomic mass is 32.2. The van der Waals surface area contributed by atoms with E-state index in [1.54, 1.807) is 11.2 Å². The monoisotopic (exact) mass is 349 g/mol. The molecule has 2 fully saturated rings. The summed E-state index contributed by atoms with van der Waals surface area (Å²) >= 11 is 0. The number of carbonyl (C=O) groups excluding carboxylic acids is 1. The van der Waals surface area contributed by atoms with Crippen molar-refractivity contribution in [3.8, 4) is 0 Å². The fourth-order valence-electron chi connectivity index (χ4n) is 3.30. The molecule has 1 saturated carbocycles. The summed E-state index contributed by atoms with van der Waals surface area (Å²) in [7, 11) is 0.850. The topological polar surface area (TPSA) is 52.7 Å². The van der Waals surface area contributed by atoms with Gasteiger partial charge in [-0.3, -0.25) is 4.21 Å². The van der Waals surface area contributed by atoms with Crippen molar-refractivity contribution in [2.75, 3.05) is 32.9 Å². The van der Waals surface area contributed by atoms with Crippen LogP contribution in [0.2, 0.25) is 0 Å². The lowest BCUT2D eigenvalue weighted by Gasteiger charge is -2.20. The minimum absolute atomic E-state index is 0.0250. The highest BCUT2D eigenvalue weighted by Gasteiger charge is 2.34. The molecular formula is C18H27N3O2S. The van der Waals surface area contributed by atoms with E-state index in [1.807, 2.05) is 31.3 Å². The van der Waals surface area contributed by atoms with Gasteiger partial charge < -0.3 is 15.1 Å². The van der Waals surface area contributed by atoms with E-state index in [4.69, 9.17) is 0 Å². The maximum Gasteiger partial charge on any atom is 0.317 e. The largest absolute Gasteiger partial charge is 0.338 e. The number of amides is 2. The van der Waals surface area contributed by atoms with Crippen LogP contribution in [-0.2, 0) is 17.3 Å². The van der Waals surface area contributed by atoms with Crippen LogP contribution in [0.4, 0.5) is 4.79 Å². The Hall–Kier alpha value is -1.40. The first-order valence-corrected chi connectivity index (χ1v) is 10.2. The van der Waals surface area contributed by atoms with Gasteiger partial charge >= 0.3 is 6.03 Å². The third-order valence-corrected chi connectivity index (χ3v) is 5.88. The van der Waals surface area contributed by atoms with Crippen LogP contribution in [-0.4, -0.2) is 59.0 Å². The molecule has 1 saturated heterocycles. The molecule has 1 aliphatic heterocycles. The maximum absolute atomic E-state index is 12.3. The number of hydrogen-bond acceptors (Lipinski definition) is 3. The Balaban J connectivity index is 1.42. The molecule has 6 heteroatoms. The van der Waals surface area contributed by atoms with Gasteiger partial charge in [0.1, 0.15) is 0 Å². The van der Waals surface area contributed by atoms with E-state index in [-0.39, 0.29) is 6.03 Å². The minimum atomic E-state index is -0.962. The van der Waals surface area contributed by atoms with E-state index < -0.39 is 10.8 Å². The van der Waals surface area contributed by atoms with Crippen molar-refractivity contribution in [1.82, 2.24) is 15.1 Å². The van der Waals surface area contributed by atoms with E-state index in [9.17, 15) is 9.00 Å². The Labute approximate surface area is 146 Å². The average molecular weight is 350 g/mol. The molecule has 2 atom stereocenters. The Kier molecular flexibility index (Phi) is 5.56. The van der Waals surface area contributed by atoms with Crippen molar-refractivity contribution in [1.29, 1.82) is 0 Å². The van der Waals surface area contributed by atoms with Crippen molar-refractivity contribution >= 4 is 16.8 Å². The van der Waals surface area contributed by atoms with Crippen molar-refractivity contribution in [2.45, 2.75) is 36.7 Å². The zero-order valence-electron chi connectivity index (χ0n) is 14.5. The first kappa shape index (κ1) is 17.4. The lowest BCUT2D eigenvalue weighted by molar-refractivity contribution is 0.204. The number of benzene rings is 1. The Bertz CT molecular complexity index is 601. The first-order valence-electron chi connectivity index (χ1n) is 8.68. The van der Waals surface area contributed by atoms with Crippen molar-refractivity contribution in [3.63, 3.8) is 0 Å². The van der Waals surface area contributed by atoms with Gasteiger partial charge in [-0.25, -0.2) is 4.79 Å². The normalized spacial score (nSPS) is 22.3. The maximum atomic E-state index is 12.3. The molecule has 0 spiro atoms. The molecule has 1 N–H and O–H groups in total. The summed E-state index contributed by atoms with van der Waals surface area (Å²) in [6.07, 6.45) is 5.57. The molecule has 0 bridgehead atoms. The van der Waals surface area contributed by atoms with Gasteiger partial charge in [0.25, 0.3) is 0 Å². The Morgan fingerprint density at radius 1 is 1.29 bits per heavy atom. The summed E-state index contributed by atoms with van der Waals surface area (Å²) in [6, 6.07) is 8.40. The summed E-state index contributed by atoms with van der Waals surface area (Å²) in [5.41, 5.74) is 1.04. The fourth-order valence-corrected chi connectivity index (χ4v) is 3.82. The second-order valence-corrected chi connectivity index (χ2v) is 8.40. The molecular weight excluding hydrogens is 322 g/mol.